The molecule has 1 unspecified atom stereocenters. The molecule has 1 fully saturated rings. The Morgan fingerprint density at radius 2 is 2.17 bits per heavy atom. The van der Waals surface area contributed by atoms with Crippen LogP contribution >= 0.6 is 0 Å². The van der Waals surface area contributed by atoms with Crippen LogP contribution in [0.5, 0.6) is 5.75 Å². The molecule has 0 spiro atoms. The predicted molar refractivity (Wildman–Crippen MR) is 94.8 cm³/mol. The third-order valence-electron chi connectivity index (χ3n) is 4.79. The summed E-state index contributed by atoms with van der Waals surface area (Å²) >= 11 is 0. The Hall–Kier alpha value is -2.56. The highest BCUT2D eigenvalue weighted by molar-refractivity contribution is 5.70. The minimum Gasteiger partial charge on any atom is -0.496 e. The second-order valence-electron chi connectivity index (χ2n) is 6.37. The lowest BCUT2D eigenvalue weighted by atomic mass is 10.0. The largest absolute Gasteiger partial charge is 0.496 e. The van der Waals surface area contributed by atoms with Crippen molar-refractivity contribution in [3.63, 3.8) is 0 Å². The number of para-hydroxylation sites is 1. The van der Waals surface area contributed by atoms with Gasteiger partial charge in [0.05, 0.1) is 12.8 Å². The summed E-state index contributed by atoms with van der Waals surface area (Å²) in [6, 6.07) is 10.8. The van der Waals surface area contributed by atoms with E-state index in [1.54, 1.807) is 7.11 Å². The van der Waals surface area contributed by atoms with Gasteiger partial charge in [0.25, 0.3) is 0 Å². The highest BCUT2D eigenvalue weighted by Gasteiger charge is 2.28. The van der Waals surface area contributed by atoms with E-state index in [1.165, 1.54) is 18.4 Å². The average molecular weight is 322 g/mol. The highest BCUT2D eigenvalue weighted by atomic mass is 16.5. The predicted octanol–water partition coefficient (Wildman–Crippen LogP) is 3.26. The molecular weight excluding hydrogens is 300 g/mol. The molecule has 2 aromatic heterocycles. The molecule has 5 nitrogen and oxygen atoms in total. The monoisotopic (exact) mass is 322 g/mol. The van der Waals surface area contributed by atoms with Crippen molar-refractivity contribution in [3.05, 3.63) is 54.0 Å². The number of benzene rings is 1. The van der Waals surface area contributed by atoms with Crippen LogP contribution in [-0.2, 0) is 6.42 Å². The maximum atomic E-state index is 5.52. The lowest BCUT2D eigenvalue weighted by Crippen LogP contribution is -2.32. The summed E-state index contributed by atoms with van der Waals surface area (Å²) in [6.45, 7) is 3.06. The van der Waals surface area contributed by atoms with Crippen molar-refractivity contribution in [2.24, 2.45) is 0 Å². The number of anilines is 1. The molecule has 1 aliphatic rings. The van der Waals surface area contributed by atoms with Gasteiger partial charge in [0.15, 0.2) is 5.82 Å². The Balaban J connectivity index is 1.67. The number of hydrogen-bond donors (Lipinski definition) is 0. The Morgan fingerprint density at radius 3 is 3.04 bits per heavy atom. The normalized spacial score (nSPS) is 17.6. The standard InChI is InChI=1S/C19H22N4O/c1-14-12-17-19(20-9-11-23(17)21-14)22-10-5-7-16(22)13-15-6-3-4-8-18(15)24-2/h3-4,6,8-9,11-12,16H,5,7,10,13H2,1-2H3. The van der Waals surface area contributed by atoms with Crippen molar-refractivity contribution in [2.45, 2.75) is 32.2 Å². The zero-order chi connectivity index (χ0) is 16.5. The number of rotatable bonds is 4. The molecule has 0 bridgehead atoms. The number of aryl methyl sites for hydroxylation is 1. The van der Waals surface area contributed by atoms with E-state index in [0.29, 0.717) is 6.04 Å². The molecule has 124 valence electrons. The van der Waals surface area contributed by atoms with Gasteiger partial charge < -0.3 is 9.64 Å². The van der Waals surface area contributed by atoms with Crippen LogP contribution in [0.15, 0.2) is 42.7 Å². The third-order valence-corrected chi connectivity index (χ3v) is 4.79. The molecule has 4 rings (SSSR count). The second-order valence-corrected chi connectivity index (χ2v) is 6.37. The van der Waals surface area contributed by atoms with Gasteiger partial charge in [-0.05, 0) is 43.9 Å². The molecule has 3 aromatic rings. The quantitative estimate of drug-likeness (QED) is 0.739. The van der Waals surface area contributed by atoms with Crippen molar-refractivity contribution in [1.82, 2.24) is 14.6 Å². The topological polar surface area (TPSA) is 42.7 Å². The zero-order valence-electron chi connectivity index (χ0n) is 14.1. The van der Waals surface area contributed by atoms with Gasteiger partial charge in [0.1, 0.15) is 11.3 Å². The molecule has 0 radical (unpaired) electrons. The van der Waals surface area contributed by atoms with Gasteiger partial charge in [-0.25, -0.2) is 9.50 Å². The van der Waals surface area contributed by atoms with Crippen LogP contribution in [0.25, 0.3) is 5.52 Å². The van der Waals surface area contributed by atoms with Crippen LogP contribution in [0.1, 0.15) is 24.1 Å². The van der Waals surface area contributed by atoms with Crippen molar-refractivity contribution >= 4 is 11.3 Å². The summed E-state index contributed by atoms with van der Waals surface area (Å²) in [5.41, 5.74) is 3.36. The molecule has 3 heterocycles. The van der Waals surface area contributed by atoms with E-state index in [1.807, 2.05) is 36.0 Å². The Morgan fingerprint density at radius 1 is 1.29 bits per heavy atom. The number of aromatic nitrogens is 3. The van der Waals surface area contributed by atoms with Crippen molar-refractivity contribution in [1.29, 1.82) is 0 Å². The van der Waals surface area contributed by atoms with Crippen molar-refractivity contribution < 1.29 is 4.74 Å². The average Bonchev–Trinajstić information content (AvgIpc) is 3.20. The number of nitrogens with zero attached hydrogens (tertiary/aromatic N) is 4. The van der Waals surface area contributed by atoms with Gasteiger partial charge in [-0.3, -0.25) is 0 Å². The van der Waals surface area contributed by atoms with Gasteiger partial charge in [-0.15, -0.1) is 0 Å². The van der Waals surface area contributed by atoms with E-state index in [9.17, 15) is 0 Å². The molecule has 5 heteroatoms. The van der Waals surface area contributed by atoms with E-state index in [2.05, 4.69) is 33.2 Å². The van der Waals surface area contributed by atoms with E-state index >= 15 is 0 Å². The molecule has 1 aliphatic heterocycles. The van der Waals surface area contributed by atoms with Crippen LogP contribution in [-0.4, -0.2) is 34.3 Å². The van der Waals surface area contributed by atoms with Crippen LogP contribution in [0.4, 0.5) is 5.82 Å². The molecule has 0 aliphatic carbocycles. The molecule has 0 N–H and O–H groups in total. The van der Waals surface area contributed by atoms with Gasteiger partial charge in [0.2, 0.25) is 0 Å². The molecule has 0 saturated carbocycles. The number of fused-ring (bicyclic) bond motifs is 1. The van der Waals surface area contributed by atoms with Crippen LogP contribution in [0.3, 0.4) is 0 Å². The smallest absolute Gasteiger partial charge is 0.154 e. The first-order chi connectivity index (χ1) is 11.8. The van der Waals surface area contributed by atoms with Crippen molar-refractivity contribution in [3.8, 4) is 5.75 Å². The van der Waals surface area contributed by atoms with E-state index in [-0.39, 0.29) is 0 Å². The molecule has 1 saturated heterocycles. The first-order valence-electron chi connectivity index (χ1n) is 8.46. The summed E-state index contributed by atoms with van der Waals surface area (Å²) in [5.74, 6) is 2.01. The van der Waals surface area contributed by atoms with Crippen LogP contribution in [0.2, 0.25) is 0 Å². The Bertz CT molecular complexity index is 857. The lowest BCUT2D eigenvalue weighted by Gasteiger charge is -2.26. The Labute approximate surface area is 141 Å². The summed E-state index contributed by atoms with van der Waals surface area (Å²) in [5, 5.41) is 4.51. The van der Waals surface area contributed by atoms with Crippen LogP contribution in [0, 0.1) is 6.92 Å². The molecule has 1 aromatic carbocycles. The van der Waals surface area contributed by atoms with Gasteiger partial charge in [0, 0.05) is 25.0 Å². The molecule has 1 atom stereocenters. The van der Waals surface area contributed by atoms with Gasteiger partial charge in [-0.1, -0.05) is 18.2 Å². The molecule has 0 amide bonds. The fourth-order valence-electron chi connectivity index (χ4n) is 3.70. The minimum atomic E-state index is 0.440. The maximum absolute atomic E-state index is 5.52. The zero-order valence-corrected chi connectivity index (χ0v) is 14.1. The maximum Gasteiger partial charge on any atom is 0.154 e. The first-order valence-corrected chi connectivity index (χ1v) is 8.46. The summed E-state index contributed by atoms with van der Waals surface area (Å²) < 4.78 is 7.45. The van der Waals surface area contributed by atoms with Crippen LogP contribution < -0.4 is 9.64 Å². The fourth-order valence-corrected chi connectivity index (χ4v) is 3.70. The SMILES string of the molecule is COc1ccccc1CC1CCCN1c1nccn2nc(C)cc12. The molecule has 24 heavy (non-hydrogen) atoms. The number of ether oxygens (including phenoxy) is 1. The summed E-state index contributed by atoms with van der Waals surface area (Å²) in [4.78, 5) is 7.10. The number of methoxy groups -OCH3 is 1. The van der Waals surface area contributed by atoms with E-state index < -0.39 is 0 Å². The fraction of sp³-hybridized carbons (Fsp3) is 0.368. The molecular formula is C19H22N4O. The van der Waals surface area contributed by atoms with E-state index in [0.717, 1.165) is 35.7 Å². The Kier molecular flexibility index (Phi) is 3.84. The minimum absolute atomic E-state index is 0.440. The number of hydrogen-bond acceptors (Lipinski definition) is 4. The van der Waals surface area contributed by atoms with Gasteiger partial charge >= 0.3 is 0 Å². The highest BCUT2D eigenvalue weighted by Crippen LogP contribution is 2.31. The summed E-state index contributed by atoms with van der Waals surface area (Å²) in [6.07, 6.45) is 7.09. The van der Waals surface area contributed by atoms with Gasteiger partial charge in [-0.2, -0.15) is 5.10 Å². The second kappa shape index (κ2) is 6.15. The third kappa shape index (κ3) is 2.60. The van der Waals surface area contributed by atoms with E-state index in [4.69, 9.17) is 4.74 Å². The van der Waals surface area contributed by atoms with Crippen molar-refractivity contribution in [2.75, 3.05) is 18.6 Å². The summed E-state index contributed by atoms with van der Waals surface area (Å²) in [7, 11) is 1.74. The first kappa shape index (κ1) is 15.0. The lowest BCUT2D eigenvalue weighted by molar-refractivity contribution is 0.408.